The van der Waals surface area contributed by atoms with Crippen molar-refractivity contribution in [3.8, 4) is 11.4 Å². The van der Waals surface area contributed by atoms with Gasteiger partial charge in [-0.1, -0.05) is 20.8 Å². The van der Waals surface area contributed by atoms with E-state index in [9.17, 15) is 0 Å². The molecule has 3 unspecified atom stereocenters. The Morgan fingerprint density at radius 2 is 1.96 bits per heavy atom. The molecule has 1 N–H and O–H groups in total. The lowest BCUT2D eigenvalue weighted by Crippen LogP contribution is -2.31. The topological polar surface area (TPSA) is 58.9 Å². The molecule has 2 aliphatic rings. The molecule has 6 nitrogen and oxygen atoms in total. The van der Waals surface area contributed by atoms with Crippen LogP contribution in [0, 0.1) is 24.2 Å². The van der Waals surface area contributed by atoms with Crippen LogP contribution in [0.25, 0.3) is 11.4 Å². The molecule has 2 fully saturated rings. The summed E-state index contributed by atoms with van der Waals surface area (Å²) in [5.41, 5.74) is 3.45. The number of anilines is 1. The van der Waals surface area contributed by atoms with Crippen LogP contribution in [-0.2, 0) is 7.05 Å². The normalized spacial score (nSPS) is 25.2. The van der Waals surface area contributed by atoms with Crippen LogP contribution >= 0.6 is 0 Å². The lowest BCUT2D eigenvalue weighted by atomic mass is 9.92. The number of aryl methyl sites for hydroxylation is 2. The molecule has 1 saturated heterocycles. The Morgan fingerprint density at radius 3 is 2.61 bits per heavy atom. The summed E-state index contributed by atoms with van der Waals surface area (Å²) < 4.78 is 1.86. The average molecular weight is 383 g/mol. The molecule has 0 aromatic carbocycles. The summed E-state index contributed by atoms with van der Waals surface area (Å²) >= 11 is 0. The number of likely N-dealkylation sites (tertiary alicyclic amines) is 1. The van der Waals surface area contributed by atoms with E-state index in [1.165, 1.54) is 38.9 Å². The third kappa shape index (κ3) is 4.07. The number of nitrogens with one attached hydrogen (secondary N) is 1. The van der Waals surface area contributed by atoms with Crippen LogP contribution in [0.5, 0.6) is 0 Å². The van der Waals surface area contributed by atoms with Gasteiger partial charge in [0.15, 0.2) is 0 Å². The molecule has 1 saturated carbocycles. The first-order valence-electron chi connectivity index (χ1n) is 10.6. The van der Waals surface area contributed by atoms with Crippen LogP contribution in [0.1, 0.15) is 45.6 Å². The molecule has 3 heterocycles. The van der Waals surface area contributed by atoms with Crippen molar-refractivity contribution in [3.05, 3.63) is 23.9 Å². The molecule has 1 aliphatic heterocycles. The number of hydrogen-bond acceptors (Lipinski definition) is 5. The SMILES string of the molecule is Cc1cnn(C)c1-c1ccc(NC2CCC3CN(CCC(C)(C)C)CC32)nn1. The quantitative estimate of drug-likeness (QED) is 0.853. The fourth-order valence-electron chi connectivity index (χ4n) is 4.85. The van der Waals surface area contributed by atoms with Crippen LogP contribution < -0.4 is 5.32 Å². The zero-order valence-electron chi connectivity index (χ0n) is 17.9. The van der Waals surface area contributed by atoms with Crippen molar-refractivity contribution in [1.29, 1.82) is 0 Å². The number of rotatable bonds is 5. The van der Waals surface area contributed by atoms with E-state index < -0.39 is 0 Å². The largest absolute Gasteiger partial charge is 0.366 e. The van der Waals surface area contributed by atoms with E-state index in [-0.39, 0.29) is 0 Å². The van der Waals surface area contributed by atoms with Crippen LogP contribution in [-0.4, -0.2) is 50.6 Å². The first-order valence-corrected chi connectivity index (χ1v) is 10.6. The maximum absolute atomic E-state index is 4.47. The van der Waals surface area contributed by atoms with Gasteiger partial charge in [-0.3, -0.25) is 4.68 Å². The molecule has 6 heteroatoms. The van der Waals surface area contributed by atoms with Gasteiger partial charge >= 0.3 is 0 Å². The van der Waals surface area contributed by atoms with Crippen LogP contribution in [0.15, 0.2) is 18.3 Å². The molecule has 0 spiro atoms. The molecule has 0 amide bonds. The van der Waals surface area contributed by atoms with Crippen LogP contribution in [0.3, 0.4) is 0 Å². The van der Waals surface area contributed by atoms with E-state index in [2.05, 4.69) is 65.3 Å². The summed E-state index contributed by atoms with van der Waals surface area (Å²) in [5.74, 6) is 2.46. The summed E-state index contributed by atoms with van der Waals surface area (Å²) in [6, 6.07) is 4.63. The Morgan fingerprint density at radius 1 is 1.14 bits per heavy atom. The Bertz CT molecular complexity index is 784. The van der Waals surface area contributed by atoms with E-state index in [0.717, 1.165) is 34.6 Å². The molecule has 1 aliphatic carbocycles. The van der Waals surface area contributed by atoms with Crippen LogP contribution in [0.4, 0.5) is 5.82 Å². The van der Waals surface area contributed by atoms with E-state index in [0.29, 0.717) is 11.5 Å². The fraction of sp³-hybridized carbons (Fsp3) is 0.682. The van der Waals surface area contributed by atoms with Gasteiger partial charge in [-0.15, -0.1) is 10.2 Å². The Balaban J connectivity index is 1.37. The second-order valence-corrected chi connectivity index (χ2v) is 9.93. The second-order valence-electron chi connectivity index (χ2n) is 9.93. The van der Waals surface area contributed by atoms with Crippen molar-refractivity contribution in [1.82, 2.24) is 24.9 Å². The molecule has 2 aromatic rings. The first kappa shape index (κ1) is 19.4. The van der Waals surface area contributed by atoms with Gasteiger partial charge < -0.3 is 10.2 Å². The summed E-state index contributed by atoms with van der Waals surface area (Å²) in [5, 5.41) is 16.9. The standard InChI is InChI=1S/C22H34N6/c1-15-12-23-27(5)21(15)19-8-9-20(26-25-19)24-18-7-6-16-13-28(14-17(16)18)11-10-22(2,3)4/h8-9,12,16-18H,6-7,10-11,13-14H2,1-5H3,(H,24,26). The molecule has 4 rings (SSSR count). The minimum Gasteiger partial charge on any atom is -0.366 e. The predicted octanol–water partition coefficient (Wildman–Crippen LogP) is 3.74. The monoisotopic (exact) mass is 382 g/mol. The number of hydrogen-bond donors (Lipinski definition) is 1. The third-order valence-electron chi connectivity index (χ3n) is 6.47. The molecule has 28 heavy (non-hydrogen) atoms. The van der Waals surface area contributed by atoms with E-state index in [4.69, 9.17) is 0 Å². The lowest BCUT2D eigenvalue weighted by Gasteiger charge is -2.25. The maximum atomic E-state index is 4.47. The third-order valence-corrected chi connectivity index (χ3v) is 6.47. The second kappa shape index (κ2) is 7.47. The van der Waals surface area contributed by atoms with Gasteiger partial charge in [-0.05, 0) is 67.7 Å². The molecule has 0 radical (unpaired) electrons. The fourth-order valence-corrected chi connectivity index (χ4v) is 4.85. The van der Waals surface area contributed by atoms with Crippen molar-refractivity contribution >= 4 is 5.82 Å². The van der Waals surface area contributed by atoms with Crippen LogP contribution in [0.2, 0.25) is 0 Å². The van der Waals surface area contributed by atoms with Gasteiger partial charge in [0, 0.05) is 26.2 Å². The molecule has 0 bridgehead atoms. The summed E-state index contributed by atoms with van der Waals surface area (Å²) in [4.78, 5) is 2.67. The van der Waals surface area contributed by atoms with Gasteiger partial charge in [-0.2, -0.15) is 5.10 Å². The summed E-state index contributed by atoms with van der Waals surface area (Å²) in [6.45, 7) is 12.8. The zero-order valence-corrected chi connectivity index (χ0v) is 17.9. The highest BCUT2D eigenvalue weighted by molar-refractivity contribution is 5.59. The van der Waals surface area contributed by atoms with Gasteiger partial charge in [0.1, 0.15) is 11.5 Å². The van der Waals surface area contributed by atoms with Crippen molar-refractivity contribution < 1.29 is 0 Å². The highest BCUT2D eigenvalue weighted by Gasteiger charge is 2.42. The highest BCUT2D eigenvalue weighted by atomic mass is 15.3. The lowest BCUT2D eigenvalue weighted by molar-refractivity contribution is 0.250. The van der Waals surface area contributed by atoms with Gasteiger partial charge in [0.2, 0.25) is 0 Å². The van der Waals surface area contributed by atoms with Crippen molar-refractivity contribution in [2.75, 3.05) is 25.0 Å². The maximum Gasteiger partial charge on any atom is 0.148 e. The highest BCUT2D eigenvalue weighted by Crippen LogP contribution is 2.39. The molecule has 152 valence electrons. The van der Waals surface area contributed by atoms with Crippen molar-refractivity contribution in [3.63, 3.8) is 0 Å². The smallest absolute Gasteiger partial charge is 0.148 e. The average Bonchev–Trinajstić information content (AvgIpc) is 3.30. The number of nitrogens with zero attached hydrogens (tertiary/aromatic N) is 5. The van der Waals surface area contributed by atoms with E-state index >= 15 is 0 Å². The van der Waals surface area contributed by atoms with E-state index in [1.54, 1.807) is 0 Å². The Hall–Kier alpha value is -1.95. The van der Waals surface area contributed by atoms with E-state index in [1.807, 2.05) is 17.9 Å². The first-order chi connectivity index (χ1) is 13.3. The molecular weight excluding hydrogens is 348 g/mol. The Labute approximate surface area is 168 Å². The zero-order chi connectivity index (χ0) is 19.9. The van der Waals surface area contributed by atoms with Crippen molar-refractivity contribution in [2.24, 2.45) is 24.3 Å². The minimum atomic E-state index is 0.416. The molecule has 3 atom stereocenters. The summed E-state index contributed by atoms with van der Waals surface area (Å²) in [7, 11) is 1.94. The van der Waals surface area contributed by atoms with Gasteiger partial charge in [-0.25, -0.2) is 0 Å². The van der Waals surface area contributed by atoms with Gasteiger partial charge in [0.05, 0.1) is 11.9 Å². The van der Waals surface area contributed by atoms with Crippen molar-refractivity contribution in [2.45, 2.75) is 53.0 Å². The Kier molecular flexibility index (Phi) is 5.17. The summed E-state index contributed by atoms with van der Waals surface area (Å²) in [6.07, 6.45) is 5.71. The molecule has 2 aromatic heterocycles. The van der Waals surface area contributed by atoms with Gasteiger partial charge in [0.25, 0.3) is 0 Å². The predicted molar refractivity (Wildman–Crippen MR) is 113 cm³/mol. The minimum absolute atomic E-state index is 0.416. The number of fused-ring (bicyclic) bond motifs is 1. The number of aromatic nitrogens is 4. The molecular formula is C22H34N6.